The Labute approximate surface area is 183 Å². The Bertz CT molecular complexity index is 844. The predicted molar refractivity (Wildman–Crippen MR) is 120 cm³/mol. The van der Waals surface area contributed by atoms with Gasteiger partial charge in [-0.3, -0.25) is 4.79 Å². The lowest BCUT2D eigenvalue weighted by atomic mass is 10.0. The molecule has 7 nitrogen and oxygen atoms in total. The molecule has 0 unspecified atom stereocenters. The van der Waals surface area contributed by atoms with Crippen molar-refractivity contribution in [2.45, 2.75) is 70.6 Å². The van der Waals surface area contributed by atoms with Crippen molar-refractivity contribution in [3.05, 3.63) is 35.2 Å². The fourth-order valence-electron chi connectivity index (χ4n) is 3.60. The number of aryl methyl sites for hydroxylation is 1. The zero-order chi connectivity index (χ0) is 21.5. The van der Waals surface area contributed by atoms with E-state index in [0.717, 1.165) is 42.8 Å². The molecule has 30 heavy (non-hydrogen) atoms. The third-order valence-electron chi connectivity index (χ3n) is 5.42. The van der Waals surface area contributed by atoms with E-state index < -0.39 is 0 Å². The van der Waals surface area contributed by atoms with Crippen LogP contribution in [0.5, 0.6) is 5.75 Å². The Morgan fingerprint density at radius 3 is 2.57 bits per heavy atom. The van der Waals surface area contributed by atoms with Crippen LogP contribution >= 0.6 is 11.8 Å². The second-order valence-electron chi connectivity index (χ2n) is 8.19. The number of likely N-dealkylation sites (tertiary alicyclic amines) is 1. The molecule has 0 spiro atoms. The number of hydrogen-bond acceptors (Lipinski definition) is 6. The second kappa shape index (κ2) is 10.7. The fourth-order valence-corrected chi connectivity index (χ4v) is 4.38. The maximum absolute atomic E-state index is 12.6. The summed E-state index contributed by atoms with van der Waals surface area (Å²) < 4.78 is 7.45. The summed E-state index contributed by atoms with van der Waals surface area (Å²) in [5.74, 6) is 8.37. The average Bonchev–Trinajstić information content (AvgIpc) is 3.03. The number of thioether (sulfide) groups is 1. The normalized spacial score (nSPS) is 15.1. The maximum atomic E-state index is 12.6. The van der Waals surface area contributed by atoms with E-state index in [1.807, 2.05) is 17.9 Å². The van der Waals surface area contributed by atoms with Crippen molar-refractivity contribution in [2.24, 2.45) is 0 Å². The number of nitrogens with two attached hydrogens (primary N) is 1. The summed E-state index contributed by atoms with van der Waals surface area (Å²) in [4.78, 5) is 14.6. The van der Waals surface area contributed by atoms with Gasteiger partial charge in [0.05, 0.1) is 5.75 Å². The predicted octanol–water partition coefficient (Wildman–Crippen LogP) is 3.89. The minimum absolute atomic E-state index is 0.143. The number of ether oxygens (including phenoxy) is 1. The molecule has 2 heterocycles. The van der Waals surface area contributed by atoms with Gasteiger partial charge < -0.3 is 15.5 Å². The lowest BCUT2D eigenvalue weighted by molar-refractivity contribution is -0.128. The third kappa shape index (κ3) is 5.90. The Hall–Kier alpha value is -2.22. The molecule has 1 amide bonds. The molecule has 3 rings (SSSR count). The van der Waals surface area contributed by atoms with Crippen LogP contribution < -0.4 is 10.6 Å². The summed E-state index contributed by atoms with van der Waals surface area (Å²) in [5.41, 5.74) is 2.29. The van der Waals surface area contributed by atoms with Crippen LogP contribution in [0.1, 0.15) is 68.8 Å². The van der Waals surface area contributed by atoms with E-state index in [0.29, 0.717) is 22.7 Å². The minimum Gasteiger partial charge on any atom is -0.485 e. The van der Waals surface area contributed by atoms with E-state index in [1.54, 1.807) is 0 Å². The third-order valence-corrected chi connectivity index (χ3v) is 6.34. The summed E-state index contributed by atoms with van der Waals surface area (Å²) in [6, 6.07) is 6.22. The molecule has 0 atom stereocenters. The van der Waals surface area contributed by atoms with E-state index in [9.17, 15) is 4.79 Å². The van der Waals surface area contributed by atoms with Gasteiger partial charge in [0.25, 0.3) is 0 Å². The van der Waals surface area contributed by atoms with Crippen LogP contribution in [0, 0.1) is 6.92 Å². The molecule has 0 aliphatic carbocycles. The monoisotopic (exact) mass is 431 g/mol. The van der Waals surface area contributed by atoms with Gasteiger partial charge in [-0.2, -0.15) is 0 Å². The number of aromatic nitrogens is 3. The van der Waals surface area contributed by atoms with Gasteiger partial charge in [-0.1, -0.05) is 57.0 Å². The number of benzene rings is 1. The van der Waals surface area contributed by atoms with Crippen molar-refractivity contribution in [1.29, 1.82) is 0 Å². The van der Waals surface area contributed by atoms with Crippen molar-refractivity contribution in [1.82, 2.24) is 19.8 Å². The standard InChI is InChI=1S/C22H33N5O2S/c1-16(2)18-10-9-17(3)13-19(18)29-14-20-24-25-22(27(20)23)30-15-21(28)26-11-7-5-4-6-8-12-26/h9-10,13,16H,4-8,11-12,14-15,23H2,1-3H3. The van der Waals surface area contributed by atoms with Gasteiger partial charge in [0.1, 0.15) is 12.4 Å². The first kappa shape index (κ1) is 22.5. The Morgan fingerprint density at radius 1 is 1.17 bits per heavy atom. The molecule has 1 fully saturated rings. The van der Waals surface area contributed by atoms with Crippen LogP contribution in [0.4, 0.5) is 0 Å². The largest absolute Gasteiger partial charge is 0.485 e. The zero-order valence-electron chi connectivity index (χ0n) is 18.3. The summed E-state index contributed by atoms with van der Waals surface area (Å²) in [6.07, 6.45) is 5.86. The fraction of sp³-hybridized carbons (Fsp3) is 0.591. The number of hydrogen-bond donors (Lipinski definition) is 1. The Kier molecular flexibility index (Phi) is 8.01. The molecule has 2 N–H and O–H groups in total. The lowest BCUT2D eigenvalue weighted by Crippen LogP contribution is -2.35. The van der Waals surface area contributed by atoms with Crippen LogP contribution in [0.25, 0.3) is 0 Å². The average molecular weight is 432 g/mol. The van der Waals surface area contributed by atoms with Gasteiger partial charge in [0.15, 0.2) is 5.82 Å². The van der Waals surface area contributed by atoms with Crippen molar-refractivity contribution in [3.8, 4) is 5.75 Å². The second-order valence-corrected chi connectivity index (χ2v) is 9.13. The van der Waals surface area contributed by atoms with Gasteiger partial charge in [-0.05, 0) is 42.9 Å². The summed E-state index contributed by atoms with van der Waals surface area (Å²) >= 11 is 1.33. The van der Waals surface area contributed by atoms with E-state index in [2.05, 4.69) is 36.2 Å². The number of rotatable bonds is 7. The molecule has 164 valence electrons. The SMILES string of the molecule is Cc1ccc(C(C)C)c(OCc2nnc(SCC(=O)N3CCCCCCC3)n2N)c1. The Morgan fingerprint density at radius 2 is 1.87 bits per heavy atom. The van der Waals surface area contributed by atoms with E-state index >= 15 is 0 Å². The Balaban J connectivity index is 1.57. The van der Waals surface area contributed by atoms with Gasteiger partial charge in [0.2, 0.25) is 11.1 Å². The van der Waals surface area contributed by atoms with Crippen LogP contribution in [-0.2, 0) is 11.4 Å². The molecule has 0 saturated carbocycles. The first-order valence-corrected chi connectivity index (χ1v) is 11.8. The number of carbonyl (C=O) groups excluding carboxylic acids is 1. The smallest absolute Gasteiger partial charge is 0.233 e. The molecule has 0 radical (unpaired) electrons. The number of nitrogens with zero attached hydrogens (tertiary/aromatic N) is 4. The van der Waals surface area contributed by atoms with Gasteiger partial charge in [0, 0.05) is 13.1 Å². The maximum Gasteiger partial charge on any atom is 0.233 e. The first-order valence-electron chi connectivity index (χ1n) is 10.8. The topological polar surface area (TPSA) is 86.3 Å². The number of nitrogen functional groups attached to an aromatic ring is 1. The van der Waals surface area contributed by atoms with E-state index in [-0.39, 0.29) is 12.5 Å². The summed E-state index contributed by atoms with van der Waals surface area (Å²) in [7, 11) is 0. The van der Waals surface area contributed by atoms with E-state index in [4.69, 9.17) is 10.6 Å². The van der Waals surface area contributed by atoms with Crippen LogP contribution in [-0.4, -0.2) is 44.5 Å². The molecule has 1 aromatic carbocycles. The van der Waals surface area contributed by atoms with Crippen molar-refractivity contribution >= 4 is 17.7 Å². The lowest BCUT2D eigenvalue weighted by Gasteiger charge is -2.24. The minimum atomic E-state index is 0.143. The highest BCUT2D eigenvalue weighted by atomic mass is 32.2. The molecule has 0 bridgehead atoms. The molecular weight excluding hydrogens is 398 g/mol. The molecule has 1 aliphatic rings. The highest BCUT2D eigenvalue weighted by molar-refractivity contribution is 7.99. The van der Waals surface area contributed by atoms with Crippen LogP contribution in [0.2, 0.25) is 0 Å². The van der Waals surface area contributed by atoms with Gasteiger partial charge >= 0.3 is 0 Å². The van der Waals surface area contributed by atoms with Crippen LogP contribution in [0.15, 0.2) is 23.4 Å². The summed E-state index contributed by atoms with van der Waals surface area (Å²) in [6.45, 7) is 8.25. The molecule has 1 saturated heterocycles. The van der Waals surface area contributed by atoms with Gasteiger partial charge in [-0.25, -0.2) is 4.68 Å². The van der Waals surface area contributed by atoms with Gasteiger partial charge in [-0.15, -0.1) is 10.2 Å². The van der Waals surface area contributed by atoms with Crippen molar-refractivity contribution in [3.63, 3.8) is 0 Å². The highest BCUT2D eigenvalue weighted by Gasteiger charge is 2.18. The van der Waals surface area contributed by atoms with Crippen LogP contribution in [0.3, 0.4) is 0 Å². The zero-order valence-corrected chi connectivity index (χ0v) is 19.1. The van der Waals surface area contributed by atoms with Crippen molar-refractivity contribution < 1.29 is 9.53 Å². The quantitative estimate of drug-likeness (QED) is 0.529. The summed E-state index contributed by atoms with van der Waals surface area (Å²) in [5, 5.41) is 8.85. The number of carbonyl (C=O) groups is 1. The molecule has 1 aromatic heterocycles. The van der Waals surface area contributed by atoms with Crippen molar-refractivity contribution in [2.75, 3.05) is 24.7 Å². The van der Waals surface area contributed by atoms with E-state index in [1.165, 1.54) is 35.7 Å². The number of amides is 1. The molecule has 8 heteroatoms. The first-order chi connectivity index (χ1) is 14.5. The molecule has 1 aliphatic heterocycles. The molecule has 2 aromatic rings. The highest BCUT2D eigenvalue weighted by Crippen LogP contribution is 2.28. The molecular formula is C22H33N5O2S.